The lowest BCUT2D eigenvalue weighted by molar-refractivity contribution is -0.129. The lowest BCUT2D eigenvalue weighted by Crippen LogP contribution is -2.36. The van der Waals surface area contributed by atoms with E-state index in [4.69, 9.17) is 9.47 Å². The van der Waals surface area contributed by atoms with Gasteiger partial charge in [0.25, 0.3) is 5.91 Å². The van der Waals surface area contributed by atoms with Gasteiger partial charge >= 0.3 is 6.03 Å². The predicted octanol–water partition coefficient (Wildman–Crippen LogP) is 2.58. The molecule has 23 heavy (non-hydrogen) atoms. The molecule has 2 atom stereocenters. The van der Waals surface area contributed by atoms with Crippen LogP contribution in [0.2, 0.25) is 0 Å². The maximum atomic E-state index is 12.7. The molecular formula is C17H22N2O4. The van der Waals surface area contributed by atoms with E-state index in [1.807, 2.05) is 25.1 Å². The number of imide groups is 1. The van der Waals surface area contributed by atoms with Crippen molar-refractivity contribution in [1.82, 2.24) is 9.80 Å². The van der Waals surface area contributed by atoms with E-state index >= 15 is 0 Å². The smallest absolute Gasteiger partial charge is 0.328 e. The van der Waals surface area contributed by atoms with Crippen molar-refractivity contribution in [2.24, 2.45) is 0 Å². The molecule has 0 spiro atoms. The van der Waals surface area contributed by atoms with Crippen LogP contribution in [-0.4, -0.2) is 48.5 Å². The summed E-state index contributed by atoms with van der Waals surface area (Å²) in [5.74, 6) is 1.16. The van der Waals surface area contributed by atoms with Crippen LogP contribution in [0.25, 0.3) is 0 Å². The van der Waals surface area contributed by atoms with Crippen LogP contribution in [-0.2, 0) is 4.79 Å². The Morgan fingerprint density at radius 3 is 2.57 bits per heavy atom. The molecule has 6 heteroatoms. The minimum atomic E-state index is -0.277. The highest BCUT2D eigenvalue weighted by Gasteiger charge is 2.49. The number of amides is 3. The molecule has 6 nitrogen and oxygen atoms in total. The van der Waals surface area contributed by atoms with Gasteiger partial charge in [-0.2, -0.15) is 0 Å². The number of rotatable bonds is 5. The third kappa shape index (κ3) is 2.42. The summed E-state index contributed by atoms with van der Waals surface area (Å²) in [5.41, 5.74) is 0.882. The minimum absolute atomic E-state index is 0.0749. The van der Waals surface area contributed by atoms with Crippen molar-refractivity contribution in [1.29, 1.82) is 0 Å². The van der Waals surface area contributed by atoms with Gasteiger partial charge in [0, 0.05) is 6.54 Å². The van der Waals surface area contributed by atoms with Crippen LogP contribution in [0.5, 0.6) is 11.5 Å². The van der Waals surface area contributed by atoms with E-state index in [0.717, 1.165) is 18.4 Å². The lowest BCUT2D eigenvalue weighted by atomic mass is 10.0. The summed E-state index contributed by atoms with van der Waals surface area (Å²) in [6, 6.07) is 4.83. The van der Waals surface area contributed by atoms with E-state index in [1.54, 1.807) is 19.1 Å². The third-order valence-corrected chi connectivity index (χ3v) is 4.72. The normalized spacial score (nSPS) is 21.6. The first-order chi connectivity index (χ1) is 11.1. The van der Waals surface area contributed by atoms with Gasteiger partial charge in [-0.1, -0.05) is 13.0 Å². The zero-order valence-corrected chi connectivity index (χ0v) is 13.7. The van der Waals surface area contributed by atoms with Gasteiger partial charge in [-0.15, -0.1) is 0 Å². The summed E-state index contributed by atoms with van der Waals surface area (Å²) in [5, 5.41) is 0. The molecular weight excluding hydrogens is 296 g/mol. The van der Waals surface area contributed by atoms with Crippen molar-refractivity contribution in [3.05, 3.63) is 23.8 Å². The summed E-state index contributed by atoms with van der Waals surface area (Å²) in [6.45, 7) is 2.65. The molecule has 0 aromatic heterocycles. The lowest BCUT2D eigenvalue weighted by Gasteiger charge is -2.26. The number of ether oxygens (including phenoxy) is 2. The fraction of sp³-hybridized carbons (Fsp3) is 0.529. The number of carbonyl (C=O) groups excluding carboxylic acids is 2. The maximum Gasteiger partial charge on any atom is 0.328 e. The van der Waals surface area contributed by atoms with Gasteiger partial charge in [-0.05, 0) is 37.0 Å². The topological polar surface area (TPSA) is 59.1 Å². The number of carbonyl (C=O) groups is 2. The predicted molar refractivity (Wildman–Crippen MR) is 84.5 cm³/mol. The first-order valence-electron chi connectivity index (χ1n) is 7.98. The van der Waals surface area contributed by atoms with Crippen molar-refractivity contribution in [2.45, 2.75) is 38.3 Å². The van der Waals surface area contributed by atoms with E-state index in [9.17, 15) is 9.59 Å². The quantitative estimate of drug-likeness (QED) is 0.783. The molecule has 0 bridgehead atoms. The van der Waals surface area contributed by atoms with Crippen molar-refractivity contribution in [3.63, 3.8) is 0 Å². The Kier molecular flexibility index (Phi) is 4.15. The Morgan fingerprint density at radius 1 is 1.22 bits per heavy atom. The maximum absolute atomic E-state index is 12.7. The summed E-state index contributed by atoms with van der Waals surface area (Å²) >= 11 is 0. The second-order valence-corrected chi connectivity index (χ2v) is 5.88. The SMILES string of the molecule is CC[C@@H](c1ccc(OC)c(OC)c1)N1C(=O)[C@H]2CCCN2C1=O. The van der Waals surface area contributed by atoms with Crippen molar-refractivity contribution >= 4 is 11.9 Å². The average molecular weight is 318 g/mol. The Balaban J connectivity index is 1.94. The van der Waals surface area contributed by atoms with E-state index in [-0.39, 0.29) is 24.0 Å². The number of fused-ring (bicyclic) bond motifs is 1. The van der Waals surface area contributed by atoms with E-state index in [0.29, 0.717) is 24.5 Å². The van der Waals surface area contributed by atoms with Crippen molar-refractivity contribution in [2.75, 3.05) is 20.8 Å². The second kappa shape index (κ2) is 6.10. The molecule has 2 fully saturated rings. The van der Waals surface area contributed by atoms with Gasteiger partial charge in [0.15, 0.2) is 11.5 Å². The molecule has 1 aromatic rings. The fourth-order valence-corrected chi connectivity index (χ4v) is 3.56. The Morgan fingerprint density at radius 2 is 1.96 bits per heavy atom. The number of hydrogen-bond acceptors (Lipinski definition) is 4. The number of hydrogen-bond donors (Lipinski definition) is 0. The zero-order chi connectivity index (χ0) is 16.6. The molecule has 124 valence electrons. The largest absolute Gasteiger partial charge is 0.493 e. The molecule has 1 aromatic carbocycles. The van der Waals surface area contributed by atoms with Crippen LogP contribution >= 0.6 is 0 Å². The molecule has 0 saturated carbocycles. The highest BCUT2D eigenvalue weighted by Crippen LogP contribution is 2.38. The first kappa shape index (κ1) is 15.6. The number of methoxy groups -OCH3 is 2. The van der Waals surface area contributed by atoms with Gasteiger partial charge in [-0.3, -0.25) is 9.69 Å². The van der Waals surface area contributed by atoms with Crippen LogP contribution < -0.4 is 9.47 Å². The average Bonchev–Trinajstić information content (AvgIpc) is 3.14. The Hall–Kier alpha value is -2.24. The first-order valence-corrected chi connectivity index (χ1v) is 7.98. The van der Waals surface area contributed by atoms with Crippen LogP contribution in [0, 0.1) is 0 Å². The Labute approximate surface area is 136 Å². The summed E-state index contributed by atoms with van der Waals surface area (Å²) in [4.78, 5) is 28.4. The monoisotopic (exact) mass is 318 g/mol. The highest BCUT2D eigenvalue weighted by atomic mass is 16.5. The van der Waals surface area contributed by atoms with Gasteiger partial charge in [0.2, 0.25) is 0 Å². The van der Waals surface area contributed by atoms with Crippen LogP contribution in [0.15, 0.2) is 18.2 Å². The molecule has 0 radical (unpaired) electrons. The highest BCUT2D eigenvalue weighted by molar-refractivity contribution is 6.05. The summed E-state index contributed by atoms with van der Waals surface area (Å²) in [7, 11) is 3.15. The van der Waals surface area contributed by atoms with E-state index in [1.165, 1.54) is 4.90 Å². The number of urea groups is 1. The van der Waals surface area contributed by atoms with E-state index < -0.39 is 0 Å². The Bertz CT molecular complexity index is 609. The molecule has 0 N–H and O–H groups in total. The molecule has 2 aliphatic heterocycles. The van der Waals surface area contributed by atoms with Crippen LogP contribution in [0.4, 0.5) is 4.79 Å². The van der Waals surface area contributed by atoms with Gasteiger partial charge in [0.1, 0.15) is 6.04 Å². The molecule has 2 saturated heterocycles. The van der Waals surface area contributed by atoms with Crippen molar-refractivity contribution in [3.8, 4) is 11.5 Å². The number of benzene rings is 1. The standard InChI is InChI=1S/C17H22N2O4/c1-4-12(11-7-8-14(22-2)15(10-11)23-3)19-16(20)13-6-5-9-18(13)17(19)21/h7-8,10,12-13H,4-6,9H2,1-3H3/t12-,13+/m0/s1. The van der Waals surface area contributed by atoms with Gasteiger partial charge < -0.3 is 14.4 Å². The van der Waals surface area contributed by atoms with Gasteiger partial charge in [-0.25, -0.2) is 4.79 Å². The molecule has 2 heterocycles. The zero-order valence-electron chi connectivity index (χ0n) is 13.7. The molecule has 3 rings (SSSR count). The van der Waals surface area contributed by atoms with E-state index in [2.05, 4.69) is 0 Å². The molecule has 0 aliphatic carbocycles. The van der Waals surface area contributed by atoms with Crippen LogP contribution in [0.1, 0.15) is 37.8 Å². The van der Waals surface area contributed by atoms with Gasteiger partial charge in [0.05, 0.1) is 20.3 Å². The van der Waals surface area contributed by atoms with Crippen molar-refractivity contribution < 1.29 is 19.1 Å². The molecule has 3 amide bonds. The number of nitrogens with zero attached hydrogens (tertiary/aromatic N) is 2. The summed E-state index contributed by atoms with van der Waals surface area (Å²) in [6.07, 6.45) is 2.33. The molecule has 0 unspecified atom stereocenters. The fourth-order valence-electron chi connectivity index (χ4n) is 3.56. The minimum Gasteiger partial charge on any atom is -0.493 e. The summed E-state index contributed by atoms with van der Waals surface area (Å²) < 4.78 is 10.6. The third-order valence-electron chi connectivity index (χ3n) is 4.72. The van der Waals surface area contributed by atoms with Crippen LogP contribution in [0.3, 0.4) is 0 Å². The second-order valence-electron chi connectivity index (χ2n) is 5.88. The molecule has 2 aliphatic rings.